The maximum Gasteiger partial charge on any atom is 0.142 e. The molecule has 2 heterocycles. The van der Waals surface area contributed by atoms with E-state index in [4.69, 9.17) is 5.73 Å². The van der Waals surface area contributed by atoms with E-state index in [0.29, 0.717) is 12.2 Å². The van der Waals surface area contributed by atoms with Crippen LogP contribution in [-0.2, 0) is 6.42 Å². The first-order valence-electron chi connectivity index (χ1n) is 4.99. The highest BCUT2D eigenvalue weighted by atomic mass is 32.1. The Morgan fingerprint density at radius 1 is 1.44 bits per heavy atom. The highest BCUT2D eigenvalue weighted by Gasteiger charge is 2.09. The summed E-state index contributed by atoms with van der Waals surface area (Å²) in [4.78, 5) is 9.58. The van der Waals surface area contributed by atoms with E-state index >= 15 is 0 Å². The second kappa shape index (κ2) is 4.67. The van der Waals surface area contributed by atoms with Crippen molar-refractivity contribution in [3.05, 3.63) is 34.7 Å². The molecule has 0 amide bonds. The largest absolute Gasteiger partial charge is 0.330 e. The Hall–Kier alpha value is -1.33. The molecule has 2 N–H and O–H groups in total. The summed E-state index contributed by atoms with van der Waals surface area (Å²) in [5.41, 5.74) is 7.20. The Morgan fingerprint density at radius 3 is 2.88 bits per heavy atom. The Labute approximate surface area is 97.2 Å². The minimum Gasteiger partial charge on any atom is -0.330 e. The van der Waals surface area contributed by atoms with Gasteiger partial charge in [-0.1, -0.05) is 0 Å². The fourth-order valence-electron chi connectivity index (χ4n) is 1.40. The van der Waals surface area contributed by atoms with Gasteiger partial charge in [-0.05, 0) is 32.0 Å². The predicted molar refractivity (Wildman–Crippen MR) is 62.8 cm³/mol. The monoisotopic (exact) mass is 237 g/mol. The zero-order valence-electron chi connectivity index (χ0n) is 8.90. The van der Waals surface area contributed by atoms with Crippen molar-refractivity contribution < 1.29 is 4.39 Å². The number of pyridine rings is 1. The topological polar surface area (TPSA) is 51.8 Å². The van der Waals surface area contributed by atoms with Crippen molar-refractivity contribution >= 4 is 11.3 Å². The van der Waals surface area contributed by atoms with Crippen LogP contribution in [0.15, 0.2) is 18.3 Å². The van der Waals surface area contributed by atoms with Gasteiger partial charge in [-0.15, -0.1) is 11.3 Å². The third-order valence-corrected chi connectivity index (χ3v) is 3.45. The fraction of sp³-hybridized carbons (Fsp3) is 0.273. The molecule has 0 unspecified atom stereocenters. The normalized spacial score (nSPS) is 10.7. The number of hydrogen-bond donors (Lipinski definition) is 1. The lowest BCUT2D eigenvalue weighted by molar-refractivity contribution is 0.622. The lowest BCUT2D eigenvalue weighted by Gasteiger charge is -1.93. The second-order valence-electron chi connectivity index (χ2n) is 3.43. The van der Waals surface area contributed by atoms with E-state index in [9.17, 15) is 4.39 Å². The molecule has 0 aromatic carbocycles. The summed E-state index contributed by atoms with van der Waals surface area (Å²) in [6, 6.07) is 3.03. The van der Waals surface area contributed by atoms with E-state index in [1.54, 1.807) is 17.4 Å². The van der Waals surface area contributed by atoms with E-state index < -0.39 is 0 Å². The Kier molecular flexibility index (Phi) is 3.26. The molecule has 0 aliphatic rings. The van der Waals surface area contributed by atoms with Crippen molar-refractivity contribution in [2.24, 2.45) is 5.73 Å². The SMILES string of the molecule is Cc1nc(-c2ccc(F)cn2)sc1CCN. The van der Waals surface area contributed by atoms with Gasteiger partial charge in [0.25, 0.3) is 0 Å². The molecule has 84 valence electrons. The van der Waals surface area contributed by atoms with Gasteiger partial charge in [-0.3, -0.25) is 4.98 Å². The van der Waals surface area contributed by atoms with Crippen LogP contribution in [0.2, 0.25) is 0 Å². The van der Waals surface area contributed by atoms with E-state index in [1.165, 1.54) is 17.1 Å². The van der Waals surface area contributed by atoms with Crippen molar-refractivity contribution in [2.75, 3.05) is 6.54 Å². The zero-order chi connectivity index (χ0) is 11.5. The molecule has 0 saturated carbocycles. The zero-order valence-corrected chi connectivity index (χ0v) is 9.72. The summed E-state index contributed by atoms with van der Waals surface area (Å²) >= 11 is 1.57. The molecule has 0 radical (unpaired) electrons. The van der Waals surface area contributed by atoms with Gasteiger partial charge in [0.2, 0.25) is 0 Å². The van der Waals surface area contributed by atoms with Gasteiger partial charge in [-0.2, -0.15) is 0 Å². The van der Waals surface area contributed by atoms with Gasteiger partial charge in [-0.25, -0.2) is 9.37 Å². The van der Waals surface area contributed by atoms with Crippen LogP contribution in [0.4, 0.5) is 4.39 Å². The molecule has 2 rings (SSSR count). The van der Waals surface area contributed by atoms with E-state index in [-0.39, 0.29) is 5.82 Å². The lowest BCUT2D eigenvalue weighted by Crippen LogP contribution is -2.01. The van der Waals surface area contributed by atoms with E-state index in [1.807, 2.05) is 6.92 Å². The average molecular weight is 237 g/mol. The van der Waals surface area contributed by atoms with Gasteiger partial charge < -0.3 is 5.73 Å². The van der Waals surface area contributed by atoms with Crippen molar-refractivity contribution in [1.29, 1.82) is 0 Å². The van der Waals surface area contributed by atoms with Crippen LogP contribution in [0, 0.1) is 12.7 Å². The number of rotatable bonds is 3. The number of halogens is 1. The summed E-state index contributed by atoms with van der Waals surface area (Å²) in [5, 5.41) is 0.820. The Morgan fingerprint density at radius 2 is 2.25 bits per heavy atom. The molecule has 2 aromatic rings. The molecule has 0 saturated heterocycles. The quantitative estimate of drug-likeness (QED) is 0.890. The average Bonchev–Trinajstić information content (AvgIpc) is 2.62. The lowest BCUT2D eigenvalue weighted by atomic mass is 10.3. The number of hydrogen-bond acceptors (Lipinski definition) is 4. The molecule has 0 aliphatic carbocycles. The number of thiazole rings is 1. The summed E-state index contributed by atoms with van der Waals surface area (Å²) < 4.78 is 12.7. The smallest absolute Gasteiger partial charge is 0.142 e. The first-order chi connectivity index (χ1) is 7.70. The fourth-order valence-corrected chi connectivity index (χ4v) is 2.46. The molecule has 16 heavy (non-hydrogen) atoms. The van der Waals surface area contributed by atoms with Gasteiger partial charge in [0.1, 0.15) is 10.8 Å². The summed E-state index contributed by atoms with van der Waals surface area (Å²) in [6.07, 6.45) is 2.03. The summed E-state index contributed by atoms with van der Waals surface area (Å²) in [6.45, 7) is 2.56. The van der Waals surface area contributed by atoms with Crippen molar-refractivity contribution in [1.82, 2.24) is 9.97 Å². The first-order valence-corrected chi connectivity index (χ1v) is 5.80. The molecule has 0 spiro atoms. The maximum absolute atomic E-state index is 12.7. The first kappa shape index (κ1) is 11.2. The van der Waals surface area contributed by atoms with Crippen LogP contribution in [-0.4, -0.2) is 16.5 Å². The molecule has 0 bridgehead atoms. The molecule has 0 aliphatic heterocycles. The van der Waals surface area contributed by atoms with Crippen LogP contribution in [0.1, 0.15) is 10.6 Å². The van der Waals surface area contributed by atoms with Crippen molar-refractivity contribution in [3.8, 4) is 10.7 Å². The van der Waals surface area contributed by atoms with Gasteiger partial charge >= 0.3 is 0 Å². The molecular weight excluding hydrogens is 225 g/mol. The van der Waals surface area contributed by atoms with Crippen LogP contribution >= 0.6 is 11.3 Å². The molecule has 5 heteroatoms. The number of nitrogens with two attached hydrogens (primary N) is 1. The van der Waals surface area contributed by atoms with E-state index in [0.717, 1.165) is 17.1 Å². The predicted octanol–water partition coefficient (Wildman–Crippen LogP) is 2.15. The molecular formula is C11H12FN3S. The maximum atomic E-state index is 12.7. The Balaban J connectivity index is 2.33. The number of nitrogens with zero attached hydrogens (tertiary/aromatic N) is 2. The summed E-state index contributed by atoms with van der Waals surface area (Å²) in [7, 11) is 0. The number of aromatic nitrogens is 2. The van der Waals surface area contributed by atoms with Crippen LogP contribution < -0.4 is 5.73 Å². The van der Waals surface area contributed by atoms with Crippen LogP contribution in [0.5, 0.6) is 0 Å². The minimum atomic E-state index is -0.334. The highest BCUT2D eigenvalue weighted by Crippen LogP contribution is 2.26. The van der Waals surface area contributed by atoms with Crippen molar-refractivity contribution in [3.63, 3.8) is 0 Å². The van der Waals surface area contributed by atoms with Gasteiger partial charge in [0.15, 0.2) is 0 Å². The van der Waals surface area contributed by atoms with Crippen LogP contribution in [0.25, 0.3) is 10.7 Å². The Bertz CT molecular complexity index is 478. The van der Waals surface area contributed by atoms with Gasteiger partial charge in [0, 0.05) is 4.88 Å². The standard InChI is InChI=1S/C11H12FN3S/c1-7-10(4-5-13)16-11(15-7)9-3-2-8(12)6-14-9/h2-3,6H,4-5,13H2,1H3. The third kappa shape index (κ3) is 2.25. The van der Waals surface area contributed by atoms with E-state index in [2.05, 4.69) is 9.97 Å². The highest BCUT2D eigenvalue weighted by molar-refractivity contribution is 7.15. The molecule has 3 nitrogen and oxygen atoms in total. The van der Waals surface area contributed by atoms with Crippen molar-refractivity contribution in [2.45, 2.75) is 13.3 Å². The van der Waals surface area contributed by atoms with Gasteiger partial charge in [0.05, 0.1) is 17.6 Å². The second-order valence-corrected chi connectivity index (χ2v) is 4.51. The van der Waals surface area contributed by atoms with Crippen LogP contribution in [0.3, 0.4) is 0 Å². The molecule has 0 atom stereocenters. The molecule has 2 aromatic heterocycles. The number of aryl methyl sites for hydroxylation is 1. The minimum absolute atomic E-state index is 0.334. The summed E-state index contributed by atoms with van der Waals surface area (Å²) in [5.74, 6) is -0.334. The molecule has 0 fully saturated rings. The third-order valence-electron chi connectivity index (χ3n) is 2.21.